The molecular formula is C13H14N2O5. The molecule has 7 heteroatoms. The molecule has 106 valence electrons. The lowest BCUT2D eigenvalue weighted by Crippen LogP contribution is -2.52. The molecule has 0 atom stereocenters. The van der Waals surface area contributed by atoms with Gasteiger partial charge in [0.1, 0.15) is 12.3 Å². The molecule has 1 saturated heterocycles. The SMILES string of the molecule is CN1CC(=O)N(c2ccc(OCC(=O)O)cc2)CC1=O. The van der Waals surface area contributed by atoms with Crippen molar-refractivity contribution in [3.8, 4) is 5.75 Å². The van der Waals surface area contributed by atoms with Crippen LogP contribution in [0.1, 0.15) is 0 Å². The molecule has 1 fully saturated rings. The van der Waals surface area contributed by atoms with E-state index in [1.165, 1.54) is 9.80 Å². The Morgan fingerprint density at radius 3 is 2.45 bits per heavy atom. The lowest BCUT2D eigenvalue weighted by Gasteiger charge is -2.31. The van der Waals surface area contributed by atoms with Crippen LogP contribution >= 0.6 is 0 Å². The number of hydrogen-bond donors (Lipinski definition) is 1. The van der Waals surface area contributed by atoms with Crippen molar-refractivity contribution in [2.45, 2.75) is 0 Å². The monoisotopic (exact) mass is 278 g/mol. The molecule has 20 heavy (non-hydrogen) atoms. The molecule has 1 aromatic carbocycles. The fourth-order valence-electron chi connectivity index (χ4n) is 1.82. The van der Waals surface area contributed by atoms with Crippen LogP contribution in [0.3, 0.4) is 0 Å². The van der Waals surface area contributed by atoms with E-state index in [9.17, 15) is 14.4 Å². The third kappa shape index (κ3) is 3.05. The van der Waals surface area contributed by atoms with Crippen LogP contribution in [-0.4, -0.2) is 54.5 Å². The van der Waals surface area contributed by atoms with Gasteiger partial charge >= 0.3 is 5.97 Å². The summed E-state index contributed by atoms with van der Waals surface area (Å²) in [5.74, 6) is -0.958. The van der Waals surface area contributed by atoms with Crippen LogP contribution in [0, 0.1) is 0 Å². The van der Waals surface area contributed by atoms with Gasteiger partial charge in [-0.2, -0.15) is 0 Å². The van der Waals surface area contributed by atoms with Crippen LogP contribution in [0.5, 0.6) is 5.75 Å². The number of carbonyl (C=O) groups is 3. The van der Waals surface area contributed by atoms with Gasteiger partial charge in [0.05, 0.1) is 6.54 Å². The van der Waals surface area contributed by atoms with Crippen LogP contribution in [0.4, 0.5) is 5.69 Å². The molecule has 0 radical (unpaired) electrons. The fourth-order valence-corrected chi connectivity index (χ4v) is 1.82. The van der Waals surface area contributed by atoms with E-state index in [0.29, 0.717) is 11.4 Å². The first-order valence-electron chi connectivity index (χ1n) is 5.96. The van der Waals surface area contributed by atoms with Crippen molar-refractivity contribution in [3.05, 3.63) is 24.3 Å². The number of anilines is 1. The number of piperazine rings is 1. The molecule has 1 N–H and O–H groups in total. The van der Waals surface area contributed by atoms with Gasteiger partial charge in [0.25, 0.3) is 0 Å². The Balaban J connectivity index is 2.07. The van der Waals surface area contributed by atoms with Crippen molar-refractivity contribution in [1.29, 1.82) is 0 Å². The van der Waals surface area contributed by atoms with E-state index in [2.05, 4.69) is 0 Å². The van der Waals surface area contributed by atoms with Crippen molar-refractivity contribution < 1.29 is 24.2 Å². The molecule has 0 aliphatic carbocycles. The molecule has 0 saturated carbocycles. The summed E-state index contributed by atoms with van der Waals surface area (Å²) in [4.78, 5) is 36.6. The van der Waals surface area contributed by atoms with E-state index in [1.54, 1.807) is 31.3 Å². The van der Waals surface area contributed by atoms with E-state index in [1.807, 2.05) is 0 Å². The Kier molecular flexibility index (Phi) is 3.88. The van der Waals surface area contributed by atoms with Crippen LogP contribution in [0.2, 0.25) is 0 Å². The van der Waals surface area contributed by atoms with E-state index in [4.69, 9.17) is 9.84 Å². The van der Waals surface area contributed by atoms with Crippen LogP contribution in [-0.2, 0) is 14.4 Å². The molecule has 0 bridgehead atoms. The van der Waals surface area contributed by atoms with Gasteiger partial charge in [0.2, 0.25) is 11.8 Å². The van der Waals surface area contributed by atoms with Gasteiger partial charge in [-0.25, -0.2) is 4.79 Å². The summed E-state index contributed by atoms with van der Waals surface area (Å²) in [6, 6.07) is 6.37. The Labute approximate surface area is 115 Å². The van der Waals surface area contributed by atoms with Gasteiger partial charge in [0, 0.05) is 12.7 Å². The maximum absolute atomic E-state index is 11.9. The number of benzene rings is 1. The van der Waals surface area contributed by atoms with Gasteiger partial charge in [-0.15, -0.1) is 0 Å². The molecule has 0 spiro atoms. The highest BCUT2D eigenvalue weighted by molar-refractivity contribution is 6.04. The van der Waals surface area contributed by atoms with Crippen molar-refractivity contribution in [2.75, 3.05) is 31.6 Å². The lowest BCUT2D eigenvalue weighted by atomic mass is 10.2. The number of carbonyl (C=O) groups excluding carboxylic acids is 2. The average molecular weight is 278 g/mol. The molecule has 2 rings (SSSR count). The zero-order valence-electron chi connectivity index (χ0n) is 10.9. The summed E-state index contributed by atoms with van der Waals surface area (Å²) in [7, 11) is 1.58. The number of carboxylic acid groups (broad SMARTS) is 1. The fraction of sp³-hybridized carbons (Fsp3) is 0.308. The quantitative estimate of drug-likeness (QED) is 0.834. The van der Waals surface area contributed by atoms with E-state index in [0.717, 1.165) is 0 Å². The van der Waals surface area contributed by atoms with E-state index >= 15 is 0 Å². The highest BCUT2D eigenvalue weighted by Crippen LogP contribution is 2.21. The second-order valence-corrected chi connectivity index (χ2v) is 4.41. The van der Waals surface area contributed by atoms with E-state index in [-0.39, 0.29) is 24.9 Å². The molecule has 0 unspecified atom stereocenters. The maximum atomic E-state index is 11.9. The molecule has 0 aromatic heterocycles. The topological polar surface area (TPSA) is 87.2 Å². The molecular weight excluding hydrogens is 264 g/mol. The number of carboxylic acids is 1. The number of nitrogens with zero attached hydrogens (tertiary/aromatic N) is 2. The number of hydrogen-bond acceptors (Lipinski definition) is 4. The number of ether oxygens (including phenoxy) is 1. The zero-order valence-corrected chi connectivity index (χ0v) is 10.9. The third-order valence-electron chi connectivity index (χ3n) is 2.90. The Bertz CT molecular complexity index is 540. The first-order chi connectivity index (χ1) is 9.47. The Morgan fingerprint density at radius 2 is 1.85 bits per heavy atom. The summed E-state index contributed by atoms with van der Waals surface area (Å²) in [5.41, 5.74) is 0.583. The first-order valence-corrected chi connectivity index (χ1v) is 5.96. The van der Waals surface area contributed by atoms with Gasteiger partial charge in [0.15, 0.2) is 6.61 Å². The standard InChI is InChI=1S/C13H14N2O5/c1-14-6-12(17)15(7-11(14)16)9-2-4-10(5-3-9)20-8-13(18)19/h2-5H,6-8H2,1H3,(H,18,19). The number of likely N-dealkylation sites (N-methyl/N-ethyl adjacent to an activating group) is 1. The molecule has 2 amide bonds. The largest absolute Gasteiger partial charge is 0.482 e. The van der Waals surface area contributed by atoms with E-state index < -0.39 is 12.6 Å². The van der Waals surface area contributed by atoms with Gasteiger partial charge in [-0.3, -0.25) is 9.59 Å². The number of amides is 2. The average Bonchev–Trinajstić information content (AvgIpc) is 2.41. The number of aliphatic carboxylic acids is 1. The summed E-state index contributed by atoms with van der Waals surface area (Å²) < 4.78 is 5.00. The smallest absolute Gasteiger partial charge is 0.341 e. The van der Waals surface area contributed by atoms with Crippen molar-refractivity contribution in [2.24, 2.45) is 0 Å². The summed E-state index contributed by atoms with van der Waals surface area (Å²) >= 11 is 0. The second-order valence-electron chi connectivity index (χ2n) is 4.41. The van der Waals surface area contributed by atoms with Crippen molar-refractivity contribution in [3.63, 3.8) is 0 Å². The van der Waals surface area contributed by atoms with Crippen LogP contribution < -0.4 is 9.64 Å². The predicted octanol–water partition coefficient (Wildman–Crippen LogP) is -0.0450. The molecule has 7 nitrogen and oxygen atoms in total. The second kappa shape index (κ2) is 5.60. The maximum Gasteiger partial charge on any atom is 0.341 e. The molecule has 1 heterocycles. The normalized spacial score (nSPS) is 15.4. The zero-order chi connectivity index (χ0) is 14.7. The minimum atomic E-state index is -1.06. The minimum absolute atomic E-state index is 0.00463. The van der Waals surface area contributed by atoms with Crippen LogP contribution in [0.25, 0.3) is 0 Å². The van der Waals surface area contributed by atoms with Crippen LogP contribution in [0.15, 0.2) is 24.3 Å². The Hall–Kier alpha value is -2.57. The minimum Gasteiger partial charge on any atom is -0.482 e. The predicted molar refractivity (Wildman–Crippen MR) is 69.6 cm³/mol. The third-order valence-corrected chi connectivity index (χ3v) is 2.90. The van der Waals surface area contributed by atoms with Crippen molar-refractivity contribution in [1.82, 2.24) is 4.90 Å². The summed E-state index contributed by atoms with van der Waals surface area (Å²) in [5, 5.41) is 8.50. The first kappa shape index (κ1) is 13.9. The van der Waals surface area contributed by atoms with Crippen molar-refractivity contribution >= 4 is 23.5 Å². The molecule has 1 aliphatic rings. The van der Waals surface area contributed by atoms with Gasteiger partial charge in [-0.05, 0) is 24.3 Å². The summed E-state index contributed by atoms with van der Waals surface area (Å²) in [6.07, 6.45) is 0. The Morgan fingerprint density at radius 1 is 1.20 bits per heavy atom. The van der Waals surface area contributed by atoms with Gasteiger partial charge in [-0.1, -0.05) is 0 Å². The molecule has 1 aromatic rings. The summed E-state index contributed by atoms with van der Waals surface area (Å²) in [6.45, 7) is -0.369. The highest BCUT2D eigenvalue weighted by Gasteiger charge is 2.28. The molecule has 1 aliphatic heterocycles. The lowest BCUT2D eigenvalue weighted by molar-refractivity contribution is -0.139. The van der Waals surface area contributed by atoms with Gasteiger partial charge < -0.3 is 19.6 Å². The number of rotatable bonds is 4. The highest BCUT2D eigenvalue weighted by atomic mass is 16.5.